The second kappa shape index (κ2) is 6.28. The highest BCUT2D eigenvalue weighted by Crippen LogP contribution is 2.22. The third-order valence-electron chi connectivity index (χ3n) is 3.08. The molecule has 0 atom stereocenters. The maximum absolute atomic E-state index is 12.1. The molecule has 0 saturated heterocycles. The Balaban J connectivity index is 1.72. The zero-order valence-corrected chi connectivity index (χ0v) is 14.3. The van der Waals surface area contributed by atoms with E-state index >= 15 is 0 Å². The van der Waals surface area contributed by atoms with Gasteiger partial charge in [-0.3, -0.25) is 4.79 Å². The maximum Gasteiger partial charge on any atom is 0.251 e. The van der Waals surface area contributed by atoms with Crippen LogP contribution in [0, 0.1) is 0 Å². The van der Waals surface area contributed by atoms with Crippen LogP contribution in [0.5, 0.6) is 0 Å². The minimum absolute atomic E-state index is 0.225. The molecule has 22 heavy (non-hydrogen) atoms. The van der Waals surface area contributed by atoms with E-state index in [2.05, 4.69) is 26.2 Å². The molecule has 3 aromatic rings. The lowest BCUT2D eigenvalue weighted by Crippen LogP contribution is -2.22. The molecule has 0 unspecified atom stereocenters. The number of pyridine rings is 1. The Morgan fingerprint density at radius 3 is 2.77 bits per heavy atom. The Morgan fingerprint density at radius 2 is 2.00 bits per heavy atom. The molecule has 0 fully saturated rings. The van der Waals surface area contributed by atoms with E-state index in [0.29, 0.717) is 22.2 Å². The van der Waals surface area contributed by atoms with Crippen LogP contribution in [0.3, 0.4) is 0 Å². The van der Waals surface area contributed by atoms with Crippen LogP contribution in [-0.4, -0.2) is 15.3 Å². The van der Waals surface area contributed by atoms with Crippen molar-refractivity contribution in [2.24, 2.45) is 0 Å². The molecule has 0 aliphatic carbocycles. The van der Waals surface area contributed by atoms with Crippen molar-refractivity contribution in [1.29, 1.82) is 0 Å². The highest BCUT2D eigenvalue weighted by atomic mass is 79.9. The van der Waals surface area contributed by atoms with E-state index in [1.807, 2.05) is 28.9 Å². The van der Waals surface area contributed by atoms with Crippen molar-refractivity contribution in [3.63, 3.8) is 0 Å². The summed E-state index contributed by atoms with van der Waals surface area (Å²) in [5.41, 5.74) is 2.05. The molecule has 4 nitrogen and oxygen atoms in total. The predicted octanol–water partition coefficient (Wildman–Crippen LogP) is 4.33. The summed E-state index contributed by atoms with van der Waals surface area (Å²) >= 11 is 15.2. The van der Waals surface area contributed by atoms with Gasteiger partial charge in [-0.25, -0.2) is 4.98 Å². The Morgan fingerprint density at radius 1 is 1.18 bits per heavy atom. The van der Waals surface area contributed by atoms with Crippen molar-refractivity contribution in [1.82, 2.24) is 14.7 Å². The monoisotopic (exact) mass is 397 g/mol. The van der Waals surface area contributed by atoms with Gasteiger partial charge in [-0.15, -0.1) is 0 Å². The summed E-state index contributed by atoms with van der Waals surface area (Å²) in [5.74, 6) is -0.225. The first kappa shape index (κ1) is 15.3. The van der Waals surface area contributed by atoms with Crippen molar-refractivity contribution in [3.8, 4) is 0 Å². The number of nitrogens with one attached hydrogen (secondary N) is 1. The molecule has 1 amide bonds. The van der Waals surface area contributed by atoms with Crippen molar-refractivity contribution in [2.45, 2.75) is 6.54 Å². The number of fused-ring (bicyclic) bond motifs is 1. The van der Waals surface area contributed by atoms with E-state index < -0.39 is 0 Å². The molecule has 2 aromatic heterocycles. The lowest BCUT2D eigenvalue weighted by atomic mass is 10.2. The number of benzene rings is 1. The lowest BCUT2D eigenvalue weighted by Gasteiger charge is -2.04. The smallest absolute Gasteiger partial charge is 0.251 e. The first-order chi connectivity index (χ1) is 10.5. The first-order valence-electron chi connectivity index (χ1n) is 6.39. The van der Waals surface area contributed by atoms with Gasteiger partial charge in [0, 0.05) is 22.4 Å². The topological polar surface area (TPSA) is 46.4 Å². The number of nitrogens with zero attached hydrogens (tertiary/aromatic N) is 2. The van der Waals surface area contributed by atoms with Gasteiger partial charge < -0.3 is 9.72 Å². The van der Waals surface area contributed by atoms with Gasteiger partial charge in [0.1, 0.15) is 5.65 Å². The molecular weight excluding hydrogens is 389 g/mol. The second-order valence-electron chi connectivity index (χ2n) is 4.66. The predicted molar refractivity (Wildman–Crippen MR) is 90.5 cm³/mol. The van der Waals surface area contributed by atoms with Crippen LogP contribution in [0.25, 0.3) is 5.65 Å². The zero-order chi connectivity index (χ0) is 15.7. The molecule has 0 aliphatic rings. The summed E-state index contributed by atoms with van der Waals surface area (Å²) in [6, 6.07) is 8.58. The van der Waals surface area contributed by atoms with Gasteiger partial charge in [-0.05, 0) is 46.3 Å². The summed E-state index contributed by atoms with van der Waals surface area (Å²) in [6.07, 6.45) is 3.78. The minimum Gasteiger partial charge on any atom is -0.346 e. The Kier molecular flexibility index (Phi) is 4.38. The molecule has 0 saturated carbocycles. The van der Waals surface area contributed by atoms with Gasteiger partial charge in [-0.2, -0.15) is 0 Å². The fourth-order valence-corrected chi connectivity index (χ4v) is 2.66. The number of carbonyl (C=O) groups is 1. The number of rotatable bonds is 3. The van der Waals surface area contributed by atoms with Crippen molar-refractivity contribution in [3.05, 3.63) is 68.5 Å². The summed E-state index contributed by atoms with van der Waals surface area (Å²) in [6.45, 7) is 0.332. The average molecular weight is 399 g/mol. The third kappa shape index (κ3) is 3.27. The van der Waals surface area contributed by atoms with Gasteiger partial charge in [0.25, 0.3) is 5.91 Å². The van der Waals surface area contributed by atoms with Gasteiger partial charge >= 0.3 is 0 Å². The summed E-state index contributed by atoms with van der Waals surface area (Å²) in [4.78, 5) is 16.5. The average Bonchev–Trinajstić information content (AvgIpc) is 2.89. The third-order valence-corrected chi connectivity index (χ3v) is 4.28. The number of carbonyl (C=O) groups excluding carboxylic acids is 1. The van der Waals surface area contributed by atoms with Gasteiger partial charge in [0.2, 0.25) is 0 Å². The Labute approximate surface area is 145 Å². The van der Waals surface area contributed by atoms with E-state index in [1.165, 1.54) is 0 Å². The number of aromatic nitrogens is 2. The van der Waals surface area contributed by atoms with Crippen LogP contribution in [0.2, 0.25) is 10.0 Å². The molecular formula is C15H10BrCl2N3O. The SMILES string of the molecule is O=C(NCc1cn2cc(Br)ccc2n1)c1ccc(Cl)c(Cl)c1. The zero-order valence-electron chi connectivity index (χ0n) is 11.2. The first-order valence-corrected chi connectivity index (χ1v) is 7.94. The van der Waals surface area contributed by atoms with E-state index in [0.717, 1.165) is 15.8 Å². The molecule has 0 radical (unpaired) electrons. The van der Waals surface area contributed by atoms with E-state index in [9.17, 15) is 4.79 Å². The van der Waals surface area contributed by atoms with Crippen molar-refractivity contribution >= 4 is 50.7 Å². The van der Waals surface area contributed by atoms with Gasteiger partial charge in [-0.1, -0.05) is 23.2 Å². The summed E-state index contributed by atoms with van der Waals surface area (Å²) < 4.78 is 2.86. The van der Waals surface area contributed by atoms with Crippen LogP contribution in [0.4, 0.5) is 0 Å². The fraction of sp³-hybridized carbons (Fsp3) is 0.0667. The molecule has 0 aliphatic heterocycles. The van der Waals surface area contributed by atoms with Crippen molar-refractivity contribution < 1.29 is 4.79 Å². The summed E-state index contributed by atoms with van der Waals surface area (Å²) in [5, 5.41) is 3.58. The lowest BCUT2D eigenvalue weighted by molar-refractivity contribution is 0.0950. The van der Waals surface area contributed by atoms with Crippen LogP contribution >= 0.6 is 39.1 Å². The van der Waals surface area contributed by atoms with E-state index in [4.69, 9.17) is 23.2 Å². The van der Waals surface area contributed by atoms with Crippen LogP contribution in [0.15, 0.2) is 47.2 Å². The standard InChI is InChI=1S/C15H10BrCl2N3O/c16-10-2-4-14-20-11(8-21(14)7-10)6-19-15(22)9-1-3-12(17)13(18)5-9/h1-5,7-8H,6H2,(H,19,22). The van der Waals surface area contributed by atoms with Gasteiger partial charge in [0.05, 0.1) is 22.3 Å². The number of halogens is 3. The normalized spacial score (nSPS) is 10.9. The maximum atomic E-state index is 12.1. The van der Waals surface area contributed by atoms with Crippen LogP contribution in [0.1, 0.15) is 16.1 Å². The minimum atomic E-state index is -0.225. The number of amides is 1. The molecule has 0 bridgehead atoms. The number of imidazole rings is 1. The summed E-state index contributed by atoms with van der Waals surface area (Å²) in [7, 11) is 0. The van der Waals surface area contributed by atoms with Crippen LogP contribution < -0.4 is 5.32 Å². The highest BCUT2D eigenvalue weighted by Gasteiger charge is 2.09. The Bertz CT molecular complexity index is 863. The Hall–Kier alpha value is -1.56. The molecule has 3 rings (SSSR count). The van der Waals surface area contributed by atoms with Gasteiger partial charge in [0.15, 0.2) is 0 Å². The number of hydrogen-bond donors (Lipinski definition) is 1. The molecule has 0 spiro atoms. The van der Waals surface area contributed by atoms with Crippen molar-refractivity contribution in [2.75, 3.05) is 0 Å². The largest absolute Gasteiger partial charge is 0.346 e. The molecule has 1 aromatic carbocycles. The fourth-order valence-electron chi connectivity index (χ4n) is 2.01. The number of hydrogen-bond acceptors (Lipinski definition) is 2. The van der Waals surface area contributed by atoms with E-state index in [-0.39, 0.29) is 5.91 Å². The molecule has 7 heteroatoms. The van der Waals surface area contributed by atoms with Crippen LogP contribution in [-0.2, 0) is 6.54 Å². The molecule has 1 N–H and O–H groups in total. The molecule has 112 valence electrons. The van der Waals surface area contributed by atoms with E-state index in [1.54, 1.807) is 18.2 Å². The second-order valence-corrected chi connectivity index (χ2v) is 6.39. The highest BCUT2D eigenvalue weighted by molar-refractivity contribution is 9.10. The quantitative estimate of drug-likeness (QED) is 0.713. The molecule has 2 heterocycles.